The number of nitro groups is 1. The van der Waals surface area contributed by atoms with E-state index in [2.05, 4.69) is 36.5 Å². The normalized spacial score (nSPS) is 11.1. The first-order chi connectivity index (χ1) is 14.4. The van der Waals surface area contributed by atoms with Crippen molar-refractivity contribution >= 4 is 50.0 Å². The van der Waals surface area contributed by atoms with Crippen LogP contribution >= 0.6 is 15.9 Å². The molecule has 0 spiro atoms. The van der Waals surface area contributed by atoms with Crippen molar-refractivity contribution in [2.75, 3.05) is 6.54 Å². The van der Waals surface area contributed by atoms with Crippen molar-refractivity contribution < 1.29 is 19.6 Å². The zero-order valence-corrected chi connectivity index (χ0v) is 17.0. The predicted octanol–water partition coefficient (Wildman–Crippen LogP) is 4.36. The zero-order chi connectivity index (χ0) is 21.7. The van der Waals surface area contributed by atoms with Gasteiger partial charge in [-0.2, -0.15) is 0 Å². The van der Waals surface area contributed by atoms with Crippen molar-refractivity contribution in [3.63, 3.8) is 0 Å². The molecular formula is C19H16BrN5O5. The molecule has 0 aliphatic carbocycles. The third kappa shape index (κ3) is 4.87. The lowest BCUT2D eigenvalue weighted by Gasteiger charge is -2.05. The summed E-state index contributed by atoms with van der Waals surface area (Å²) >= 11 is 3.30. The molecule has 0 bridgehead atoms. The summed E-state index contributed by atoms with van der Waals surface area (Å²) in [7, 11) is 0. The number of H-pyrrole nitrogens is 1. The van der Waals surface area contributed by atoms with Gasteiger partial charge in [0.25, 0.3) is 17.5 Å². The first kappa shape index (κ1) is 21.1. The van der Waals surface area contributed by atoms with Crippen molar-refractivity contribution in [2.45, 2.75) is 12.8 Å². The Morgan fingerprint density at radius 2 is 2.00 bits per heavy atom. The van der Waals surface area contributed by atoms with Crippen LogP contribution in [0.25, 0.3) is 10.9 Å². The van der Waals surface area contributed by atoms with Crippen LogP contribution in [-0.2, 0) is 4.79 Å². The molecule has 0 saturated heterocycles. The smallest absolute Gasteiger partial charge is 0.270 e. The van der Waals surface area contributed by atoms with Gasteiger partial charge in [-0.25, -0.2) is 0 Å². The highest BCUT2D eigenvalue weighted by Crippen LogP contribution is 2.37. The van der Waals surface area contributed by atoms with E-state index in [1.165, 1.54) is 18.2 Å². The van der Waals surface area contributed by atoms with E-state index in [-0.39, 0.29) is 41.5 Å². The molecule has 0 fully saturated rings. The molecule has 30 heavy (non-hydrogen) atoms. The maximum Gasteiger partial charge on any atom is 0.270 e. The summed E-state index contributed by atoms with van der Waals surface area (Å²) in [5, 5.41) is 31.2. The zero-order valence-electron chi connectivity index (χ0n) is 15.5. The van der Waals surface area contributed by atoms with Gasteiger partial charge in [-0.3, -0.25) is 19.7 Å². The number of aromatic nitrogens is 1. The van der Waals surface area contributed by atoms with Gasteiger partial charge in [0.05, 0.1) is 16.0 Å². The summed E-state index contributed by atoms with van der Waals surface area (Å²) in [6, 6.07) is 10.9. The molecule has 2 amide bonds. The number of halogens is 1. The van der Waals surface area contributed by atoms with Crippen LogP contribution in [-0.4, -0.2) is 33.4 Å². The highest BCUT2D eigenvalue weighted by Gasteiger charge is 2.15. The molecule has 3 rings (SSSR count). The molecule has 154 valence electrons. The fourth-order valence-corrected chi connectivity index (χ4v) is 3.17. The molecule has 0 atom stereocenters. The van der Waals surface area contributed by atoms with Gasteiger partial charge < -0.3 is 15.4 Å². The first-order valence-electron chi connectivity index (χ1n) is 8.83. The van der Waals surface area contributed by atoms with Gasteiger partial charge in [-0.05, 0) is 40.5 Å². The molecular weight excluding hydrogens is 458 g/mol. The highest BCUT2D eigenvalue weighted by atomic mass is 79.9. The quantitative estimate of drug-likeness (QED) is 0.201. The minimum absolute atomic E-state index is 0.0308. The number of hydrogen-bond acceptors (Lipinski definition) is 6. The molecule has 1 aromatic heterocycles. The van der Waals surface area contributed by atoms with E-state index >= 15 is 0 Å². The van der Waals surface area contributed by atoms with E-state index in [4.69, 9.17) is 0 Å². The lowest BCUT2D eigenvalue weighted by Crippen LogP contribution is -2.25. The summed E-state index contributed by atoms with van der Waals surface area (Å²) in [6.07, 6.45) is 0.377. The van der Waals surface area contributed by atoms with Gasteiger partial charge in [0.2, 0.25) is 5.88 Å². The Kier molecular flexibility index (Phi) is 6.52. The number of nitrogens with zero attached hydrogens (tertiary/aromatic N) is 3. The second-order valence-electron chi connectivity index (χ2n) is 6.24. The number of aromatic amines is 1. The number of benzene rings is 2. The van der Waals surface area contributed by atoms with Crippen molar-refractivity contribution in [2.24, 2.45) is 10.2 Å². The molecule has 0 unspecified atom stereocenters. The molecule has 10 nitrogen and oxygen atoms in total. The van der Waals surface area contributed by atoms with Crippen LogP contribution in [0.5, 0.6) is 5.88 Å². The number of amides is 2. The number of non-ortho nitro benzene ring substituents is 1. The minimum atomic E-state index is -0.572. The standard InChI is InChI=1S/C19H16BrN5O5/c20-14-5-2-1-4-12(14)18(27)21-9-3-6-16(26)23-24-17-13-10-11(25(29)30)7-8-15(13)22-19(17)28/h1-2,4-5,7-8,10,22,28H,3,6,9H2,(H,21,27). The third-order valence-corrected chi connectivity index (χ3v) is 4.87. The van der Waals surface area contributed by atoms with Crippen LogP contribution in [0.4, 0.5) is 11.4 Å². The summed E-state index contributed by atoms with van der Waals surface area (Å²) in [6.45, 7) is 0.270. The number of nitrogens with one attached hydrogen (secondary N) is 2. The molecule has 0 aliphatic rings. The van der Waals surface area contributed by atoms with Crippen LogP contribution in [0, 0.1) is 10.1 Å². The summed E-state index contributed by atoms with van der Waals surface area (Å²) < 4.78 is 0.672. The van der Waals surface area contributed by atoms with Crippen LogP contribution < -0.4 is 5.32 Å². The molecule has 0 aliphatic heterocycles. The van der Waals surface area contributed by atoms with Gasteiger partial charge in [-0.15, -0.1) is 10.2 Å². The maximum atomic E-state index is 12.1. The highest BCUT2D eigenvalue weighted by molar-refractivity contribution is 9.10. The van der Waals surface area contributed by atoms with Gasteiger partial charge in [0.15, 0.2) is 5.69 Å². The molecule has 11 heteroatoms. The van der Waals surface area contributed by atoms with Crippen molar-refractivity contribution in [1.29, 1.82) is 0 Å². The second-order valence-corrected chi connectivity index (χ2v) is 7.10. The SMILES string of the molecule is O=C(CCCNC(=O)c1ccccc1Br)N=Nc1c(O)[nH]c2ccc([N+](=O)[O-])cc12. The topological polar surface area (TPSA) is 150 Å². The lowest BCUT2D eigenvalue weighted by molar-refractivity contribution is -0.384. The molecule has 1 heterocycles. The van der Waals surface area contributed by atoms with Crippen molar-refractivity contribution in [3.05, 3.63) is 62.6 Å². The molecule has 0 saturated carbocycles. The van der Waals surface area contributed by atoms with Gasteiger partial charge in [0, 0.05) is 35.0 Å². The van der Waals surface area contributed by atoms with Crippen molar-refractivity contribution in [1.82, 2.24) is 10.3 Å². The van der Waals surface area contributed by atoms with Gasteiger partial charge in [0.1, 0.15) is 0 Å². The Balaban J connectivity index is 1.57. The van der Waals surface area contributed by atoms with Gasteiger partial charge in [-0.1, -0.05) is 12.1 Å². The largest absolute Gasteiger partial charge is 0.493 e. The number of carbonyl (C=O) groups is 2. The molecule has 3 N–H and O–H groups in total. The summed E-state index contributed by atoms with van der Waals surface area (Å²) in [4.78, 5) is 37.0. The van der Waals surface area contributed by atoms with E-state index < -0.39 is 10.8 Å². The Bertz CT molecular complexity index is 1160. The lowest BCUT2D eigenvalue weighted by atomic mass is 10.2. The number of fused-ring (bicyclic) bond motifs is 1. The number of aromatic hydroxyl groups is 1. The fourth-order valence-electron chi connectivity index (χ4n) is 2.70. The van der Waals surface area contributed by atoms with Crippen molar-refractivity contribution in [3.8, 4) is 5.88 Å². The predicted molar refractivity (Wildman–Crippen MR) is 112 cm³/mol. The van der Waals surface area contributed by atoms with Gasteiger partial charge >= 0.3 is 0 Å². The summed E-state index contributed by atoms with van der Waals surface area (Å²) in [5.74, 6) is -1.16. The first-order valence-corrected chi connectivity index (χ1v) is 9.62. The fraction of sp³-hybridized carbons (Fsp3) is 0.158. The molecule has 2 aromatic carbocycles. The van der Waals surface area contributed by atoms with E-state index in [1.54, 1.807) is 24.3 Å². The average molecular weight is 474 g/mol. The Morgan fingerprint density at radius 1 is 1.23 bits per heavy atom. The number of hydrogen-bond donors (Lipinski definition) is 3. The van der Waals surface area contributed by atoms with Crippen LogP contribution in [0.15, 0.2) is 57.2 Å². The average Bonchev–Trinajstić information content (AvgIpc) is 3.04. The third-order valence-electron chi connectivity index (χ3n) is 4.18. The van der Waals surface area contributed by atoms with Crippen LogP contribution in [0.3, 0.4) is 0 Å². The molecule has 0 radical (unpaired) electrons. The van der Waals surface area contributed by atoms with E-state index in [0.717, 1.165) is 0 Å². The Labute approximate surface area is 178 Å². The van der Waals surface area contributed by atoms with E-state index in [0.29, 0.717) is 22.0 Å². The second kappa shape index (κ2) is 9.27. The van der Waals surface area contributed by atoms with E-state index in [9.17, 15) is 24.8 Å². The number of nitro benzene ring substituents is 1. The minimum Gasteiger partial charge on any atom is -0.493 e. The maximum absolute atomic E-state index is 12.1. The number of azo groups is 1. The number of carbonyl (C=O) groups excluding carboxylic acids is 2. The van der Waals surface area contributed by atoms with Crippen LogP contribution in [0.1, 0.15) is 23.2 Å². The molecule has 3 aromatic rings. The van der Waals surface area contributed by atoms with Crippen LogP contribution in [0.2, 0.25) is 0 Å². The monoisotopic (exact) mass is 473 g/mol. The summed E-state index contributed by atoms with van der Waals surface area (Å²) in [5.41, 5.74) is 0.691. The Hall–Kier alpha value is -3.60. The number of rotatable bonds is 7. The van der Waals surface area contributed by atoms with E-state index in [1.807, 2.05) is 0 Å². The Morgan fingerprint density at radius 3 is 2.73 bits per heavy atom.